The minimum atomic E-state index is 0.144. The lowest BCUT2D eigenvalue weighted by atomic mass is 10.4. The molecule has 0 aliphatic heterocycles. The van der Waals surface area contributed by atoms with E-state index in [0.717, 1.165) is 10.2 Å². The molecule has 2 rings (SSSR count). The van der Waals surface area contributed by atoms with Gasteiger partial charge in [-0.25, -0.2) is 0 Å². The van der Waals surface area contributed by atoms with Crippen LogP contribution < -0.4 is 10.6 Å². The summed E-state index contributed by atoms with van der Waals surface area (Å²) in [5.41, 5.74) is 5.52. The Morgan fingerprint density at radius 1 is 1.67 bits per heavy atom. The fraction of sp³-hybridized carbons (Fsp3) is 0.143. The number of aromatic hydroxyl groups is 1. The predicted octanol–water partition coefficient (Wildman–Crippen LogP) is 1.05. The molecule has 0 aliphatic rings. The summed E-state index contributed by atoms with van der Waals surface area (Å²) in [4.78, 5) is 5.82. The van der Waals surface area contributed by atoms with Gasteiger partial charge in [0.2, 0.25) is 0 Å². The lowest BCUT2D eigenvalue weighted by molar-refractivity contribution is 0.180. The van der Waals surface area contributed by atoms with Gasteiger partial charge in [0, 0.05) is 6.20 Å². The highest BCUT2D eigenvalue weighted by Crippen LogP contribution is 2.39. The number of nitrogen functional groups attached to an aromatic ring is 1. The maximum absolute atomic E-state index is 9.42. The van der Waals surface area contributed by atoms with Gasteiger partial charge in [0.05, 0.1) is 5.39 Å². The van der Waals surface area contributed by atoms with Gasteiger partial charge in [0.25, 0.3) is 0 Å². The smallest absolute Gasteiger partial charge is 0.159 e. The lowest BCUT2D eigenvalue weighted by Gasteiger charge is -1.97. The Balaban J connectivity index is 2.79. The summed E-state index contributed by atoms with van der Waals surface area (Å²) in [6.07, 6.45) is 1.74. The molecule has 12 heavy (non-hydrogen) atoms. The summed E-state index contributed by atoms with van der Waals surface area (Å²) in [7, 11) is 1.56. The first kappa shape index (κ1) is 7.30. The van der Waals surface area contributed by atoms with Crippen LogP contribution in [0.2, 0.25) is 0 Å². The second kappa shape index (κ2) is 2.31. The molecular formula is C7H8N2O2S. The van der Waals surface area contributed by atoms with Crippen LogP contribution in [0.25, 0.3) is 10.2 Å². The number of rotatable bonds is 1. The van der Waals surface area contributed by atoms with E-state index in [0.29, 0.717) is 5.00 Å². The Hall–Kier alpha value is -1.36. The maximum Gasteiger partial charge on any atom is 0.159 e. The van der Waals surface area contributed by atoms with Crippen molar-refractivity contribution in [2.24, 2.45) is 0 Å². The van der Waals surface area contributed by atoms with Gasteiger partial charge in [-0.15, -0.1) is 0 Å². The van der Waals surface area contributed by atoms with Gasteiger partial charge in [-0.2, -0.15) is 4.73 Å². The molecule has 0 spiro atoms. The van der Waals surface area contributed by atoms with E-state index in [1.807, 2.05) is 0 Å². The van der Waals surface area contributed by atoms with E-state index >= 15 is 0 Å². The SMILES string of the molecule is COn1ccc2c(O)c(N)sc21. The van der Waals surface area contributed by atoms with Gasteiger partial charge >= 0.3 is 0 Å². The van der Waals surface area contributed by atoms with Crippen molar-refractivity contribution in [3.63, 3.8) is 0 Å². The van der Waals surface area contributed by atoms with Crippen molar-refractivity contribution in [1.82, 2.24) is 4.73 Å². The summed E-state index contributed by atoms with van der Waals surface area (Å²) in [5, 5.41) is 10.6. The van der Waals surface area contributed by atoms with E-state index in [1.54, 1.807) is 24.1 Å². The van der Waals surface area contributed by atoms with Crippen LogP contribution in [0.5, 0.6) is 5.75 Å². The average Bonchev–Trinajstić information content (AvgIpc) is 2.55. The molecule has 0 bridgehead atoms. The van der Waals surface area contributed by atoms with Gasteiger partial charge in [0.1, 0.15) is 16.9 Å². The normalized spacial score (nSPS) is 10.8. The summed E-state index contributed by atoms with van der Waals surface area (Å²) in [5.74, 6) is 0.144. The van der Waals surface area contributed by atoms with E-state index in [9.17, 15) is 5.11 Å². The van der Waals surface area contributed by atoms with E-state index in [1.165, 1.54) is 11.3 Å². The monoisotopic (exact) mass is 184 g/mol. The zero-order valence-electron chi connectivity index (χ0n) is 6.44. The zero-order valence-corrected chi connectivity index (χ0v) is 7.26. The Bertz CT molecular complexity index is 418. The third kappa shape index (κ3) is 0.767. The first-order chi connectivity index (χ1) is 5.74. The molecule has 0 aliphatic carbocycles. The average molecular weight is 184 g/mol. The molecule has 3 N–H and O–H groups in total. The fourth-order valence-corrected chi connectivity index (χ4v) is 2.02. The minimum Gasteiger partial charge on any atom is -0.504 e. The largest absolute Gasteiger partial charge is 0.504 e. The van der Waals surface area contributed by atoms with E-state index in [2.05, 4.69) is 0 Å². The molecule has 5 heteroatoms. The Morgan fingerprint density at radius 3 is 3.08 bits per heavy atom. The van der Waals surface area contributed by atoms with Crippen LogP contribution >= 0.6 is 11.3 Å². The van der Waals surface area contributed by atoms with Crippen molar-refractivity contribution in [2.75, 3.05) is 12.8 Å². The van der Waals surface area contributed by atoms with Crippen LogP contribution in [-0.4, -0.2) is 16.9 Å². The maximum atomic E-state index is 9.42. The second-order valence-corrected chi connectivity index (χ2v) is 3.39. The van der Waals surface area contributed by atoms with Crippen molar-refractivity contribution in [3.8, 4) is 5.75 Å². The van der Waals surface area contributed by atoms with E-state index in [4.69, 9.17) is 10.6 Å². The Labute approximate surface area is 72.7 Å². The number of aromatic nitrogens is 1. The van der Waals surface area contributed by atoms with Gasteiger partial charge in [-0.1, -0.05) is 11.3 Å². The van der Waals surface area contributed by atoms with Crippen molar-refractivity contribution in [2.45, 2.75) is 0 Å². The van der Waals surface area contributed by atoms with Crippen molar-refractivity contribution in [3.05, 3.63) is 12.3 Å². The lowest BCUT2D eigenvalue weighted by Crippen LogP contribution is -2.01. The molecule has 0 aromatic carbocycles. The molecular weight excluding hydrogens is 176 g/mol. The molecule has 2 aromatic rings. The van der Waals surface area contributed by atoms with Crippen LogP contribution in [-0.2, 0) is 0 Å². The molecule has 0 unspecified atom stereocenters. The van der Waals surface area contributed by atoms with Crippen LogP contribution in [0.3, 0.4) is 0 Å². The van der Waals surface area contributed by atoms with Crippen LogP contribution in [0.1, 0.15) is 0 Å². The molecule has 0 amide bonds. The first-order valence-electron chi connectivity index (χ1n) is 3.37. The number of fused-ring (bicyclic) bond motifs is 1. The minimum absolute atomic E-state index is 0.144. The number of anilines is 1. The number of hydrogen-bond donors (Lipinski definition) is 2. The zero-order chi connectivity index (χ0) is 8.72. The third-order valence-corrected chi connectivity index (χ3v) is 2.71. The van der Waals surface area contributed by atoms with E-state index in [-0.39, 0.29) is 5.75 Å². The quantitative estimate of drug-likeness (QED) is 0.696. The van der Waals surface area contributed by atoms with Crippen LogP contribution in [0.4, 0.5) is 5.00 Å². The highest BCUT2D eigenvalue weighted by molar-refractivity contribution is 7.22. The van der Waals surface area contributed by atoms with Crippen LogP contribution in [0, 0.1) is 0 Å². The molecule has 2 heterocycles. The molecule has 0 fully saturated rings. The molecule has 0 saturated carbocycles. The Kier molecular flexibility index (Phi) is 1.41. The van der Waals surface area contributed by atoms with E-state index < -0.39 is 0 Å². The standard InChI is InChI=1S/C7H8N2O2S/c1-11-9-3-2-4-5(10)6(8)12-7(4)9/h2-3,10H,8H2,1H3. The van der Waals surface area contributed by atoms with Gasteiger partial charge in [-0.3, -0.25) is 0 Å². The number of hydrogen-bond acceptors (Lipinski definition) is 4. The molecule has 64 valence electrons. The van der Waals surface area contributed by atoms with Crippen LogP contribution in [0.15, 0.2) is 12.3 Å². The van der Waals surface area contributed by atoms with Gasteiger partial charge in [0.15, 0.2) is 5.75 Å². The summed E-state index contributed by atoms with van der Waals surface area (Å²) < 4.78 is 1.57. The van der Waals surface area contributed by atoms with Crippen molar-refractivity contribution >= 4 is 26.6 Å². The summed E-state index contributed by atoms with van der Waals surface area (Å²) in [6.45, 7) is 0. The molecule has 2 aromatic heterocycles. The second-order valence-electron chi connectivity index (χ2n) is 2.36. The van der Waals surface area contributed by atoms with Crippen molar-refractivity contribution < 1.29 is 9.94 Å². The predicted molar refractivity (Wildman–Crippen MR) is 48.4 cm³/mol. The third-order valence-electron chi connectivity index (χ3n) is 1.70. The molecule has 0 radical (unpaired) electrons. The highest BCUT2D eigenvalue weighted by Gasteiger charge is 2.11. The number of nitrogens with zero attached hydrogens (tertiary/aromatic N) is 1. The van der Waals surface area contributed by atoms with Gasteiger partial charge in [-0.05, 0) is 6.07 Å². The number of nitrogens with two attached hydrogens (primary N) is 1. The molecule has 4 nitrogen and oxygen atoms in total. The molecule has 0 atom stereocenters. The first-order valence-corrected chi connectivity index (χ1v) is 4.18. The highest BCUT2D eigenvalue weighted by atomic mass is 32.1. The molecule has 0 saturated heterocycles. The fourth-order valence-electron chi connectivity index (χ4n) is 1.11. The number of thiophene rings is 1. The topological polar surface area (TPSA) is 60.4 Å². The van der Waals surface area contributed by atoms with Gasteiger partial charge < -0.3 is 15.7 Å². The Morgan fingerprint density at radius 2 is 2.42 bits per heavy atom. The summed E-state index contributed by atoms with van der Waals surface area (Å²) >= 11 is 1.30. The van der Waals surface area contributed by atoms with Crippen molar-refractivity contribution in [1.29, 1.82) is 0 Å². The summed E-state index contributed by atoms with van der Waals surface area (Å²) in [6, 6.07) is 1.76.